The maximum atomic E-state index is 9.04. The predicted octanol–water partition coefficient (Wildman–Crippen LogP) is 3.45. The number of hydrogen-bond donors (Lipinski definition) is 1. The van der Waals surface area contributed by atoms with E-state index in [0.717, 1.165) is 37.6 Å². The number of ether oxygens (including phenoxy) is 2. The minimum absolute atomic E-state index is 0.0403. The van der Waals surface area contributed by atoms with E-state index in [1.165, 1.54) is 37.1 Å². The quantitative estimate of drug-likeness (QED) is 0.612. The molecule has 30 heavy (non-hydrogen) atoms. The molecule has 1 aliphatic heterocycles. The molecule has 1 saturated heterocycles. The van der Waals surface area contributed by atoms with Gasteiger partial charge in [0.15, 0.2) is 0 Å². The average Bonchev–Trinajstić information content (AvgIpc) is 2.77. The van der Waals surface area contributed by atoms with Crippen molar-refractivity contribution in [2.75, 3.05) is 53.6 Å². The third-order valence-corrected chi connectivity index (χ3v) is 5.81. The summed E-state index contributed by atoms with van der Waals surface area (Å²) >= 11 is 0. The number of likely N-dealkylation sites (tertiary alicyclic amines) is 1. The Morgan fingerprint density at radius 3 is 2.70 bits per heavy atom. The van der Waals surface area contributed by atoms with Crippen molar-refractivity contribution < 1.29 is 14.6 Å². The van der Waals surface area contributed by atoms with Crippen molar-refractivity contribution in [2.45, 2.75) is 25.8 Å². The highest BCUT2D eigenvalue weighted by Crippen LogP contribution is 2.22. The first kappa shape index (κ1) is 22.6. The second kappa shape index (κ2) is 11.9. The third kappa shape index (κ3) is 7.01. The molecule has 0 amide bonds. The van der Waals surface area contributed by atoms with Gasteiger partial charge in [-0.3, -0.25) is 0 Å². The summed E-state index contributed by atoms with van der Waals surface area (Å²) in [6.07, 6.45) is 3.66. The Labute approximate surface area is 181 Å². The van der Waals surface area contributed by atoms with Gasteiger partial charge in [-0.25, -0.2) is 0 Å². The Kier molecular flexibility index (Phi) is 9.00. The molecule has 1 heterocycles. The maximum Gasteiger partial charge on any atom is 0.123 e. The lowest BCUT2D eigenvalue weighted by Crippen LogP contribution is -2.40. The van der Waals surface area contributed by atoms with Crippen molar-refractivity contribution in [3.63, 3.8) is 0 Å². The molecule has 2 aromatic carbocycles. The molecule has 164 valence electrons. The van der Waals surface area contributed by atoms with Crippen LogP contribution in [0.1, 0.15) is 24.0 Å². The van der Waals surface area contributed by atoms with Crippen LogP contribution in [-0.2, 0) is 13.0 Å². The molecule has 5 nitrogen and oxygen atoms in total. The van der Waals surface area contributed by atoms with E-state index in [1.807, 2.05) is 24.3 Å². The van der Waals surface area contributed by atoms with Crippen molar-refractivity contribution in [1.29, 1.82) is 0 Å². The van der Waals surface area contributed by atoms with Crippen LogP contribution >= 0.6 is 0 Å². The zero-order chi connectivity index (χ0) is 21.2. The molecular formula is C25H36N2O3. The number of aliphatic hydroxyl groups is 1. The third-order valence-electron chi connectivity index (χ3n) is 5.81. The van der Waals surface area contributed by atoms with Gasteiger partial charge in [0.2, 0.25) is 0 Å². The summed E-state index contributed by atoms with van der Waals surface area (Å²) in [5, 5.41) is 9.04. The lowest BCUT2D eigenvalue weighted by atomic mass is 9.97. The molecule has 0 spiro atoms. The summed E-state index contributed by atoms with van der Waals surface area (Å²) < 4.78 is 10.9. The highest BCUT2D eigenvalue weighted by Gasteiger charge is 2.21. The van der Waals surface area contributed by atoms with Gasteiger partial charge in [-0.2, -0.15) is 0 Å². The molecule has 0 radical (unpaired) electrons. The lowest BCUT2D eigenvalue weighted by Gasteiger charge is -2.35. The topological polar surface area (TPSA) is 45.2 Å². The normalized spacial score (nSPS) is 17.3. The van der Waals surface area contributed by atoms with Crippen molar-refractivity contribution in [2.24, 2.45) is 5.92 Å². The van der Waals surface area contributed by atoms with Crippen LogP contribution in [0.25, 0.3) is 0 Å². The van der Waals surface area contributed by atoms with Crippen LogP contribution in [0.3, 0.4) is 0 Å². The molecule has 1 N–H and O–H groups in total. The summed E-state index contributed by atoms with van der Waals surface area (Å²) in [6.45, 7) is 5.82. The van der Waals surface area contributed by atoms with Crippen LogP contribution in [0.15, 0.2) is 48.5 Å². The van der Waals surface area contributed by atoms with E-state index >= 15 is 0 Å². The summed E-state index contributed by atoms with van der Waals surface area (Å²) in [5.41, 5.74) is 2.55. The van der Waals surface area contributed by atoms with Gasteiger partial charge in [0.25, 0.3) is 0 Å². The van der Waals surface area contributed by atoms with E-state index in [4.69, 9.17) is 14.6 Å². The SMILES string of the molecule is COc1ccc(CCN2CCC[C@@H](CN(C)Cc3ccccc3OCCO)C2)cc1. The molecule has 0 aromatic heterocycles. The Bertz CT molecular complexity index is 750. The van der Waals surface area contributed by atoms with E-state index in [9.17, 15) is 0 Å². The van der Waals surface area contributed by atoms with Crippen LogP contribution in [0.5, 0.6) is 11.5 Å². The number of hydrogen-bond acceptors (Lipinski definition) is 5. The van der Waals surface area contributed by atoms with Crippen molar-refractivity contribution in [1.82, 2.24) is 9.80 Å². The number of benzene rings is 2. The lowest BCUT2D eigenvalue weighted by molar-refractivity contribution is 0.141. The number of piperidine rings is 1. The van der Waals surface area contributed by atoms with Crippen LogP contribution < -0.4 is 9.47 Å². The summed E-state index contributed by atoms with van der Waals surface area (Å²) in [7, 11) is 3.90. The molecular weight excluding hydrogens is 376 g/mol. The van der Waals surface area contributed by atoms with Crippen LogP contribution in [0, 0.1) is 5.92 Å². The molecule has 0 bridgehead atoms. The Morgan fingerprint density at radius 1 is 1.13 bits per heavy atom. The largest absolute Gasteiger partial charge is 0.497 e. The first-order valence-corrected chi connectivity index (χ1v) is 11.0. The molecule has 1 atom stereocenters. The first-order valence-electron chi connectivity index (χ1n) is 11.0. The van der Waals surface area contributed by atoms with Crippen molar-refractivity contribution in [3.05, 3.63) is 59.7 Å². The fourth-order valence-electron chi connectivity index (χ4n) is 4.31. The molecule has 1 aliphatic rings. The van der Waals surface area contributed by atoms with Gasteiger partial charge in [0, 0.05) is 31.7 Å². The van der Waals surface area contributed by atoms with Crippen LogP contribution in [0.4, 0.5) is 0 Å². The van der Waals surface area contributed by atoms with Crippen molar-refractivity contribution >= 4 is 0 Å². The molecule has 0 unspecified atom stereocenters. The number of aliphatic hydroxyl groups excluding tert-OH is 1. The number of para-hydroxylation sites is 1. The van der Waals surface area contributed by atoms with Crippen LogP contribution in [-0.4, -0.2) is 68.5 Å². The van der Waals surface area contributed by atoms with Gasteiger partial charge in [-0.1, -0.05) is 30.3 Å². The Balaban J connectivity index is 1.46. The van der Waals surface area contributed by atoms with Gasteiger partial charge in [0.1, 0.15) is 18.1 Å². The second-order valence-electron chi connectivity index (χ2n) is 8.28. The van der Waals surface area contributed by atoms with Gasteiger partial charge >= 0.3 is 0 Å². The number of nitrogens with zero attached hydrogens (tertiary/aromatic N) is 2. The van der Waals surface area contributed by atoms with E-state index < -0.39 is 0 Å². The molecule has 0 aliphatic carbocycles. The highest BCUT2D eigenvalue weighted by atomic mass is 16.5. The standard InChI is InChI=1S/C25H36N2O3/c1-26(20-23-7-3-4-8-25(23)30-17-16-28)18-22-6-5-14-27(19-22)15-13-21-9-11-24(29-2)12-10-21/h3-4,7-12,22,28H,5-6,13-20H2,1-2H3/t22-/m0/s1. The number of methoxy groups -OCH3 is 1. The van der Waals surface area contributed by atoms with Gasteiger partial charge < -0.3 is 24.4 Å². The van der Waals surface area contributed by atoms with Crippen molar-refractivity contribution in [3.8, 4) is 11.5 Å². The minimum Gasteiger partial charge on any atom is -0.497 e. The van der Waals surface area contributed by atoms with E-state index in [2.05, 4.69) is 41.1 Å². The fraction of sp³-hybridized carbons (Fsp3) is 0.520. The fourth-order valence-corrected chi connectivity index (χ4v) is 4.31. The molecule has 1 fully saturated rings. The minimum atomic E-state index is 0.0403. The van der Waals surface area contributed by atoms with Gasteiger partial charge in [-0.05, 0) is 62.5 Å². The zero-order valence-electron chi connectivity index (χ0n) is 18.4. The predicted molar refractivity (Wildman–Crippen MR) is 121 cm³/mol. The van der Waals surface area contributed by atoms with Gasteiger partial charge in [0.05, 0.1) is 13.7 Å². The monoisotopic (exact) mass is 412 g/mol. The highest BCUT2D eigenvalue weighted by molar-refractivity contribution is 5.33. The second-order valence-corrected chi connectivity index (χ2v) is 8.28. The maximum absolute atomic E-state index is 9.04. The molecule has 5 heteroatoms. The van der Waals surface area contributed by atoms with E-state index in [1.54, 1.807) is 7.11 Å². The van der Waals surface area contributed by atoms with Gasteiger partial charge in [-0.15, -0.1) is 0 Å². The Morgan fingerprint density at radius 2 is 1.93 bits per heavy atom. The molecule has 3 rings (SSSR count). The summed E-state index contributed by atoms with van der Waals surface area (Å²) in [6, 6.07) is 16.6. The summed E-state index contributed by atoms with van der Waals surface area (Å²) in [5.74, 6) is 2.50. The smallest absolute Gasteiger partial charge is 0.123 e. The number of rotatable bonds is 11. The van der Waals surface area contributed by atoms with Crippen LogP contribution in [0.2, 0.25) is 0 Å². The molecule has 0 saturated carbocycles. The summed E-state index contributed by atoms with van der Waals surface area (Å²) in [4.78, 5) is 5.02. The zero-order valence-corrected chi connectivity index (χ0v) is 18.4. The average molecular weight is 413 g/mol. The first-order chi connectivity index (χ1) is 14.7. The van der Waals surface area contributed by atoms with E-state index in [0.29, 0.717) is 12.5 Å². The molecule has 2 aromatic rings. The Hall–Kier alpha value is -2.08. The van der Waals surface area contributed by atoms with E-state index in [-0.39, 0.29) is 6.61 Å².